The van der Waals surface area contributed by atoms with Crippen LogP contribution in [0.4, 0.5) is 11.5 Å². The van der Waals surface area contributed by atoms with E-state index < -0.39 is 0 Å². The molecule has 1 aliphatic carbocycles. The highest BCUT2D eigenvalue weighted by Crippen LogP contribution is 2.45. The van der Waals surface area contributed by atoms with E-state index in [-0.39, 0.29) is 4.59 Å². The molecule has 186 valence electrons. The summed E-state index contributed by atoms with van der Waals surface area (Å²) in [7, 11) is 0. The number of aliphatic imine (C=N–C) groups is 2. The van der Waals surface area contributed by atoms with Crippen LogP contribution in [0.15, 0.2) is 88.4 Å². The van der Waals surface area contributed by atoms with Gasteiger partial charge in [0.15, 0.2) is 0 Å². The second-order valence-corrected chi connectivity index (χ2v) is 10.8. The molecule has 7 nitrogen and oxygen atoms in total. The molecule has 1 atom stereocenters. The van der Waals surface area contributed by atoms with E-state index >= 15 is 0 Å². The third-order valence-corrected chi connectivity index (χ3v) is 8.23. The largest absolute Gasteiger partial charge is 0.340 e. The number of pyridine rings is 1. The standard InChI is InChI=1S/C30H32N7/c1-20-14-28(33-24-6-3-2-4-7-24)34-26-17-22(8-9-25(20)26)30-35-29(27-18-32-10-13-37(27,30)31)23-15-21(16-23)19-36-11-5-12-36/h2-4,6-10,13-14,17-18,21,23H,5,11-12,15-16,19,31H2,1H3,(H,33,34)/q+1. The number of allylic oxidation sites excluding steroid dienone is 2. The molecule has 2 fully saturated rings. The van der Waals surface area contributed by atoms with Crippen LogP contribution in [0.1, 0.15) is 30.4 Å². The number of likely N-dealkylation sites (tertiary alicyclic amines) is 1. The van der Waals surface area contributed by atoms with E-state index in [0.29, 0.717) is 5.92 Å². The number of nitrogens with two attached hydrogens (primary N) is 1. The molecular weight excluding hydrogens is 458 g/mol. The number of benzene rings is 2. The van der Waals surface area contributed by atoms with Crippen molar-refractivity contribution in [1.82, 2.24) is 9.88 Å². The van der Waals surface area contributed by atoms with Crippen LogP contribution in [-0.2, 0) is 0 Å². The van der Waals surface area contributed by atoms with Crippen molar-refractivity contribution in [1.29, 1.82) is 0 Å². The van der Waals surface area contributed by atoms with Gasteiger partial charge in [0.05, 0.1) is 23.5 Å². The summed E-state index contributed by atoms with van der Waals surface area (Å²) in [6.45, 7) is 5.87. The molecule has 7 heteroatoms. The van der Waals surface area contributed by atoms with E-state index in [1.54, 1.807) is 6.20 Å². The third kappa shape index (κ3) is 3.91. The Morgan fingerprint density at radius 3 is 2.70 bits per heavy atom. The van der Waals surface area contributed by atoms with Crippen LogP contribution in [0.3, 0.4) is 0 Å². The lowest BCUT2D eigenvalue weighted by molar-refractivity contribution is -0.750. The minimum atomic E-state index is 0.0680. The quantitative estimate of drug-likeness (QED) is 0.366. The number of para-hydroxylation sites is 1. The highest BCUT2D eigenvalue weighted by atomic mass is 15.6. The van der Waals surface area contributed by atoms with Crippen LogP contribution in [-0.4, -0.2) is 46.2 Å². The van der Waals surface area contributed by atoms with Crippen molar-refractivity contribution in [3.05, 3.63) is 89.5 Å². The van der Waals surface area contributed by atoms with Gasteiger partial charge in [0.25, 0.3) is 5.84 Å². The van der Waals surface area contributed by atoms with E-state index in [1.807, 2.05) is 42.7 Å². The summed E-state index contributed by atoms with van der Waals surface area (Å²) in [5.74, 6) is 9.89. The monoisotopic (exact) mass is 490 g/mol. The first kappa shape index (κ1) is 22.5. The molecule has 3 aliphatic heterocycles. The predicted molar refractivity (Wildman–Crippen MR) is 149 cm³/mol. The number of hydrogen-bond donors (Lipinski definition) is 2. The van der Waals surface area contributed by atoms with Gasteiger partial charge in [-0.25, -0.2) is 4.98 Å². The summed E-state index contributed by atoms with van der Waals surface area (Å²) < 4.78 is 0.0680. The number of nitrogens with zero attached hydrogens (tertiary/aromatic N) is 5. The van der Waals surface area contributed by atoms with Crippen LogP contribution < -0.4 is 11.2 Å². The first-order valence-corrected chi connectivity index (χ1v) is 13.3. The predicted octanol–water partition coefficient (Wildman–Crippen LogP) is 5.24. The van der Waals surface area contributed by atoms with Crippen LogP contribution in [0, 0.1) is 18.8 Å². The molecule has 0 spiro atoms. The van der Waals surface area contributed by atoms with Gasteiger partial charge in [0, 0.05) is 23.5 Å². The van der Waals surface area contributed by atoms with Crippen molar-refractivity contribution in [2.75, 3.05) is 25.0 Å². The van der Waals surface area contributed by atoms with Crippen molar-refractivity contribution < 1.29 is 4.59 Å². The molecule has 7 rings (SSSR count). The maximum Gasteiger partial charge on any atom is 0.264 e. The van der Waals surface area contributed by atoms with E-state index in [2.05, 4.69) is 46.4 Å². The lowest BCUT2D eigenvalue weighted by Crippen LogP contribution is -2.53. The van der Waals surface area contributed by atoms with Gasteiger partial charge in [-0.15, -0.1) is 4.59 Å². The van der Waals surface area contributed by atoms with Crippen LogP contribution in [0.25, 0.3) is 10.9 Å². The molecule has 1 saturated heterocycles. The maximum absolute atomic E-state index is 7.03. The second kappa shape index (κ2) is 8.73. The lowest BCUT2D eigenvalue weighted by Gasteiger charge is -2.41. The van der Waals surface area contributed by atoms with E-state index in [1.165, 1.54) is 44.5 Å². The zero-order chi connectivity index (χ0) is 25.0. The van der Waals surface area contributed by atoms with Crippen molar-refractivity contribution in [3.63, 3.8) is 0 Å². The van der Waals surface area contributed by atoms with Crippen LogP contribution >= 0.6 is 0 Å². The summed E-state index contributed by atoms with van der Waals surface area (Å²) >= 11 is 0. The first-order chi connectivity index (χ1) is 18.1. The number of anilines is 2. The van der Waals surface area contributed by atoms with Crippen LogP contribution in [0.2, 0.25) is 0 Å². The zero-order valence-corrected chi connectivity index (χ0v) is 21.1. The number of quaternary nitrogens is 1. The highest BCUT2D eigenvalue weighted by molar-refractivity contribution is 6.03. The average molecular weight is 491 g/mol. The SMILES string of the molecule is Cc1cc(Nc2ccccc2)nc2cc(C3=NC(C4CC(CN5CCC5)C4)=C4C=NC=C[N+]34N)ccc12. The average Bonchev–Trinajstić information content (AvgIpc) is 3.15. The van der Waals surface area contributed by atoms with E-state index in [4.69, 9.17) is 15.8 Å². The molecule has 1 aromatic heterocycles. The molecule has 4 heterocycles. The molecule has 1 saturated carbocycles. The number of aryl methyl sites for hydroxylation is 1. The minimum absolute atomic E-state index is 0.0680. The molecule has 2 aromatic carbocycles. The van der Waals surface area contributed by atoms with Crippen molar-refractivity contribution in [2.24, 2.45) is 27.7 Å². The van der Waals surface area contributed by atoms with Crippen LogP contribution in [0.5, 0.6) is 0 Å². The van der Waals surface area contributed by atoms with Gasteiger partial charge in [0.1, 0.15) is 17.7 Å². The topological polar surface area (TPSA) is 78.9 Å². The smallest absolute Gasteiger partial charge is 0.264 e. The zero-order valence-electron chi connectivity index (χ0n) is 21.1. The highest BCUT2D eigenvalue weighted by Gasteiger charge is 2.48. The van der Waals surface area contributed by atoms with Gasteiger partial charge in [-0.1, -0.05) is 24.3 Å². The fourth-order valence-electron chi connectivity index (χ4n) is 6.02. The number of amidine groups is 1. The molecule has 3 N–H and O–H groups in total. The number of rotatable bonds is 6. The Morgan fingerprint density at radius 1 is 1.08 bits per heavy atom. The normalized spacial score (nSPS) is 26.6. The minimum Gasteiger partial charge on any atom is -0.340 e. The number of hydrogen-bond acceptors (Lipinski definition) is 6. The van der Waals surface area contributed by atoms with E-state index in [0.717, 1.165) is 51.1 Å². The Labute approximate surface area is 217 Å². The molecule has 0 radical (unpaired) electrons. The molecule has 1 unspecified atom stereocenters. The van der Waals surface area contributed by atoms with Gasteiger partial charge in [-0.3, -0.25) is 4.99 Å². The fourth-order valence-corrected chi connectivity index (χ4v) is 6.02. The molecule has 0 amide bonds. The molecule has 4 aliphatic rings. The fraction of sp³-hybridized carbons (Fsp3) is 0.300. The Morgan fingerprint density at radius 2 is 1.92 bits per heavy atom. The summed E-state index contributed by atoms with van der Waals surface area (Å²) in [5.41, 5.74) is 6.20. The van der Waals surface area contributed by atoms with E-state index in [9.17, 15) is 0 Å². The second-order valence-electron chi connectivity index (χ2n) is 10.8. The Hall–Kier alpha value is -3.65. The Bertz CT molecular complexity index is 1490. The maximum atomic E-state index is 7.03. The van der Waals surface area contributed by atoms with Crippen molar-refractivity contribution in [2.45, 2.75) is 26.2 Å². The molecule has 37 heavy (non-hydrogen) atoms. The molecular formula is C30H32N7+. The van der Waals surface area contributed by atoms with Gasteiger partial charge in [-0.2, -0.15) is 10.8 Å². The Kier molecular flexibility index (Phi) is 5.32. The third-order valence-electron chi connectivity index (χ3n) is 8.23. The first-order valence-electron chi connectivity index (χ1n) is 13.3. The van der Waals surface area contributed by atoms with Crippen molar-refractivity contribution >= 4 is 34.5 Å². The summed E-state index contributed by atoms with van der Waals surface area (Å²) in [5, 5.41) is 4.56. The summed E-state index contributed by atoms with van der Waals surface area (Å²) in [4.78, 5) is 17.2. The van der Waals surface area contributed by atoms with Crippen molar-refractivity contribution in [3.8, 4) is 0 Å². The summed E-state index contributed by atoms with van der Waals surface area (Å²) in [6, 6.07) is 18.6. The van der Waals surface area contributed by atoms with Gasteiger partial charge < -0.3 is 10.2 Å². The van der Waals surface area contributed by atoms with Gasteiger partial charge >= 0.3 is 0 Å². The number of nitrogens with one attached hydrogen (secondary N) is 1. The summed E-state index contributed by atoms with van der Waals surface area (Å²) in [6.07, 6.45) is 9.32. The molecule has 0 bridgehead atoms. The lowest BCUT2D eigenvalue weighted by atomic mass is 9.72. The molecule has 3 aromatic rings. The number of aromatic nitrogens is 1. The van der Waals surface area contributed by atoms with Gasteiger partial charge in [0.2, 0.25) is 5.70 Å². The van der Waals surface area contributed by atoms with Gasteiger partial charge in [-0.05, 0) is 81.1 Å². The Balaban J connectivity index is 1.21. The number of fused-ring (bicyclic) bond motifs is 2.